The first kappa shape index (κ1) is 20.3. The molecule has 1 heterocycles. The third-order valence-corrected chi connectivity index (χ3v) is 8.22. The van der Waals surface area contributed by atoms with E-state index < -0.39 is 13.2 Å². The lowest BCUT2D eigenvalue weighted by molar-refractivity contribution is 0.0427. The van der Waals surface area contributed by atoms with Crippen LogP contribution in [0.4, 0.5) is 0 Å². The number of pyridine rings is 1. The minimum atomic E-state index is -3.54. The predicted octanol–water partition coefficient (Wildman–Crippen LogP) is 5.15. The van der Waals surface area contributed by atoms with Crippen LogP contribution in [0.3, 0.4) is 0 Å². The van der Waals surface area contributed by atoms with E-state index in [0.717, 1.165) is 12.8 Å². The van der Waals surface area contributed by atoms with Gasteiger partial charge in [-0.15, -0.1) is 0 Å². The highest BCUT2D eigenvalue weighted by Crippen LogP contribution is 2.60. The molecule has 1 aromatic heterocycles. The Hall–Kier alpha value is -1.48. The zero-order valence-electron chi connectivity index (χ0n) is 16.4. The van der Waals surface area contributed by atoms with Crippen molar-refractivity contribution < 1.29 is 14.2 Å². The minimum absolute atomic E-state index is 0.119. The Kier molecular flexibility index (Phi) is 6.52. The van der Waals surface area contributed by atoms with Crippen LogP contribution < -0.4 is 5.30 Å². The summed E-state index contributed by atoms with van der Waals surface area (Å²) in [5, 5.41) is 11.6. The summed E-state index contributed by atoms with van der Waals surface area (Å²) in [5.41, 5.74) is 0.523. The zero-order chi connectivity index (χ0) is 19.4. The standard InChI is InChI=1S/C22H30NO3P/c1-16(2)20-12-11-17(3)14-21(20)26-27(25,19-9-5-4-6-10-19)22(24)18-8-7-13-23-15-18/h4-10,13,15-17,20-22,24H,11-12,14H2,1-3H3. The smallest absolute Gasteiger partial charge is 0.264 e. The number of aliphatic hydroxyl groups excluding tert-OH is 1. The van der Waals surface area contributed by atoms with E-state index in [1.165, 1.54) is 6.42 Å². The molecule has 5 atom stereocenters. The molecule has 1 aromatic carbocycles. The van der Waals surface area contributed by atoms with Gasteiger partial charge >= 0.3 is 0 Å². The Morgan fingerprint density at radius 3 is 2.52 bits per heavy atom. The zero-order valence-corrected chi connectivity index (χ0v) is 17.3. The molecule has 0 radical (unpaired) electrons. The lowest BCUT2D eigenvalue weighted by Gasteiger charge is -2.39. The van der Waals surface area contributed by atoms with Gasteiger partial charge in [0, 0.05) is 23.3 Å². The number of hydrogen-bond acceptors (Lipinski definition) is 4. The summed E-state index contributed by atoms with van der Waals surface area (Å²) in [6, 6.07) is 12.6. The fraction of sp³-hybridized carbons (Fsp3) is 0.500. The normalized spacial score (nSPS) is 26.5. The molecule has 0 amide bonds. The maximum absolute atomic E-state index is 14.2. The molecule has 27 heavy (non-hydrogen) atoms. The second kappa shape index (κ2) is 8.68. The van der Waals surface area contributed by atoms with Crippen LogP contribution in [0.25, 0.3) is 0 Å². The third kappa shape index (κ3) is 4.51. The first-order chi connectivity index (χ1) is 12.9. The summed E-state index contributed by atoms with van der Waals surface area (Å²) in [6.07, 6.45) is 6.20. The maximum atomic E-state index is 14.2. The molecule has 3 rings (SSSR count). The van der Waals surface area contributed by atoms with E-state index in [1.54, 1.807) is 36.7 Å². The lowest BCUT2D eigenvalue weighted by Crippen LogP contribution is -2.35. The fourth-order valence-electron chi connectivity index (χ4n) is 4.06. The summed E-state index contributed by atoms with van der Waals surface area (Å²) < 4.78 is 20.6. The van der Waals surface area contributed by atoms with E-state index in [2.05, 4.69) is 25.8 Å². The van der Waals surface area contributed by atoms with Gasteiger partial charge in [0.25, 0.3) is 7.37 Å². The van der Waals surface area contributed by atoms with Crippen LogP contribution in [-0.4, -0.2) is 16.2 Å². The monoisotopic (exact) mass is 387 g/mol. The van der Waals surface area contributed by atoms with Crippen molar-refractivity contribution in [2.24, 2.45) is 17.8 Å². The molecule has 1 N–H and O–H groups in total. The second-order valence-corrected chi connectivity index (χ2v) is 10.5. The number of rotatable bonds is 6. The molecule has 1 fully saturated rings. The van der Waals surface area contributed by atoms with Crippen molar-refractivity contribution in [2.45, 2.75) is 52.0 Å². The van der Waals surface area contributed by atoms with Crippen molar-refractivity contribution in [3.63, 3.8) is 0 Å². The number of aliphatic hydroxyl groups is 1. The quantitative estimate of drug-likeness (QED) is 0.696. The van der Waals surface area contributed by atoms with Crippen molar-refractivity contribution in [3.8, 4) is 0 Å². The average Bonchev–Trinajstić information content (AvgIpc) is 2.68. The van der Waals surface area contributed by atoms with Gasteiger partial charge < -0.3 is 9.63 Å². The molecule has 2 aromatic rings. The number of hydrogen-bond donors (Lipinski definition) is 1. The van der Waals surface area contributed by atoms with Gasteiger partial charge in [-0.1, -0.05) is 51.5 Å². The van der Waals surface area contributed by atoms with Gasteiger partial charge in [0.15, 0.2) is 5.85 Å². The molecule has 0 aliphatic heterocycles. The first-order valence-corrected chi connectivity index (χ1v) is 11.5. The number of benzene rings is 1. The summed E-state index contributed by atoms with van der Waals surface area (Å²) in [4.78, 5) is 4.08. The van der Waals surface area contributed by atoms with E-state index in [1.807, 2.05) is 18.2 Å². The molecule has 0 saturated heterocycles. The Morgan fingerprint density at radius 2 is 1.89 bits per heavy atom. The van der Waals surface area contributed by atoms with Crippen LogP contribution in [0, 0.1) is 17.8 Å². The summed E-state index contributed by atoms with van der Waals surface area (Å²) in [7, 11) is -3.54. The molecule has 5 unspecified atom stereocenters. The van der Waals surface area contributed by atoms with E-state index in [4.69, 9.17) is 4.52 Å². The molecule has 1 aliphatic carbocycles. The van der Waals surface area contributed by atoms with Crippen LogP contribution in [-0.2, 0) is 9.09 Å². The average molecular weight is 387 g/mol. The highest BCUT2D eigenvalue weighted by Gasteiger charge is 2.42. The first-order valence-electron chi connectivity index (χ1n) is 9.83. The largest absolute Gasteiger partial charge is 0.378 e. The van der Waals surface area contributed by atoms with Gasteiger partial charge in [-0.25, -0.2) is 0 Å². The fourth-order valence-corrected chi connectivity index (χ4v) is 6.35. The Labute approximate surface area is 162 Å². The summed E-state index contributed by atoms with van der Waals surface area (Å²) >= 11 is 0. The van der Waals surface area contributed by atoms with E-state index in [0.29, 0.717) is 28.6 Å². The van der Waals surface area contributed by atoms with E-state index >= 15 is 0 Å². The van der Waals surface area contributed by atoms with Crippen LogP contribution in [0.1, 0.15) is 51.4 Å². The van der Waals surface area contributed by atoms with Crippen molar-refractivity contribution in [2.75, 3.05) is 0 Å². The lowest BCUT2D eigenvalue weighted by atomic mass is 9.75. The number of aromatic nitrogens is 1. The van der Waals surface area contributed by atoms with Gasteiger partial charge in [0.1, 0.15) is 0 Å². The van der Waals surface area contributed by atoms with E-state index in [-0.39, 0.29) is 6.10 Å². The van der Waals surface area contributed by atoms with Gasteiger partial charge in [-0.3, -0.25) is 9.55 Å². The second-order valence-electron chi connectivity index (χ2n) is 8.06. The van der Waals surface area contributed by atoms with Crippen LogP contribution in [0.2, 0.25) is 0 Å². The molecule has 0 bridgehead atoms. The highest BCUT2D eigenvalue weighted by atomic mass is 31.2. The molecule has 1 aliphatic rings. The molecule has 1 saturated carbocycles. The Bertz CT molecular complexity index is 766. The van der Waals surface area contributed by atoms with Gasteiger partial charge in [-0.05, 0) is 48.8 Å². The Morgan fingerprint density at radius 1 is 1.15 bits per heavy atom. The summed E-state index contributed by atoms with van der Waals surface area (Å²) in [6.45, 7) is 6.61. The topological polar surface area (TPSA) is 59.4 Å². The van der Waals surface area contributed by atoms with Gasteiger partial charge in [0.2, 0.25) is 0 Å². The minimum Gasteiger partial charge on any atom is -0.378 e. The summed E-state index contributed by atoms with van der Waals surface area (Å²) in [5.74, 6) is 0.102. The number of nitrogens with zero attached hydrogens (tertiary/aromatic N) is 1. The van der Waals surface area contributed by atoms with Crippen molar-refractivity contribution in [1.29, 1.82) is 0 Å². The molecule has 4 nitrogen and oxygen atoms in total. The van der Waals surface area contributed by atoms with Crippen LogP contribution >= 0.6 is 7.37 Å². The van der Waals surface area contributed by atoms with Gasteiger partial charge in [0.05, 0.1) is 6.10 Å². The van der Waals surface area contributed by atoms with E-state index in [9.17, 15) is 9.67 Å². The van der Waals surface area contributed by atoms with Crippen LogP contribution in [0.15, 0.2) is 54.9 Å². The Balaban J connectivity index is 1.98. The maximum Gasteiger partial charge on any atom is 0.264 e. The van der Waals surface area contributed by atoms with Crippen molar-refractivity contribution >= 4 is 12.7 Å². The molecular weight excluding hydrogens is 357 g/mol. The van der Waals surface area contributed by atoms with Gasteiger partial charge in [-0.2, -0.15) is 0 Å². The highest BCUT2D eigenvalue weighted by molar-refractivity contribution is 7.67. The van der Waals surface area contributed by atoms with Crippen LogP contribution in [0.5, 0.6) is 0 Å². The molecular formula is C22H30NO3P. The molecule has 0 spiro atoms. The SMILES string of the molecule is CC1CCC(C(C)C)C(OP(=O)(c2ccccc2)C(O)c2cccnc2)C1. The predicted molar refractivity (Wildman–Crippen MR) is 109 cm³/mol. The molecule has 146 valence electrons. The molecule has 5 heteroatoms. The third-order valence-electron chi connectivity index (χ3n) is 5.67. The van der Waals surface area contributed by atoms with Crippen molar-refractivity contribution in [3.05, 3.63) is 60.4 Å². The van der Waals surface area contributed by atoms with Crippen molar-refractivity contribution in [1.82, 2.24) is 4.98 Å².